The summed E-state index contributed by atoms with van der Waals surface area (Å²) in [5.41, 5.74) is 0.719. The molecule has 5 nitrogen and oxygen atoms in total. The Hall–Kier alpha value is -1.33. The van der Waals surface area contributed by atoms with Crippen LogP contribution in [0.2, 0.25) is 0 Å². The van der Waals surface area contributed by atoms with E-state index in [-0.39, 0.29) is 5.91 Å². The van der Waals surface area contributed by atoms with Crippen LogP contribution in [0.15, 0.2) is 10.5 Å². The van der Waals surface area contributed by atoms with Gasteiger partial charge in [-0.05, 0) is 51.6 Å². The predicted molar refractivity (Wildman–Crippen MR) is 88.7 cm³/mol. The molecule has 1 amide bonds. The minimum absolute atomic E-state index is 0.113. The van der Waals surface area contributed by atoms with E-state index in [0.29, 0.717) is 5.92 Å². The Labute approximate surface area is 138 Å². The second-order valence-electron chi connectivity index (χ2n) is 6.86. The SMILES string of the molecule is Cc1cc(C(=O)N2CCCN(CC3CCCOC3)CC2)c(C)o1. The highest BCUT2D eigenvalue weighted by atomic mass is 16.5. The lowest BCUT2D eigenvalue weighted by Crippen LogP contribution is -2.38. The van der Waals surface area contributed by atoms with Gasteiger partial charge in [-0.25, -0.2) is 0 Å². The van der Waals surface area contributed by atoms with Gasteiger partial charge in [0.25, 0.3) is 5.91 Å². The Kier molecular flexibility index (Phi) is 5.38. The van der Waals surface area contributed by atoms with Crippen molar-refractivity contribution in [1.82, 2.24) is 9.80 Å². The molecule has 1 aromatic rings. The molecule has 2 aliphatic rings. The fourth-order valence-electron chi connectivity index (χ4n) is 3.69. The van der Waals surface area contributed by atoms with Crippen molar-refractivity contribution in [2.75, 3.05) is 45.9 Å². The number of carbonyl (C=O) groups is 1. The molecule has 3 heterocycles. The normalized spacial score (nSPS) is 23.7. The van der Waals surface area contributed by atoms with Crippen molar-refractivity contribution in [3.05, 3.63) is 23.2 Å². The van der Waals surface area contributed by atoms with Gasteiger partial charge in [0.05, 0.1) is 12.2 Å². The maximum Gasteiger partial charge on any atom is 0.257 e. The van der Waals surface area contributed by atoms with Crippen LogP contribution in [0.5, 0.6) is 0 Å². The molecule has 2 saturated heterocycles. The van der Waals surface area contributed by atoms with Gasteiger partial charge in [0.1, 0.15) is 11.5 Å². The second-order valence-corrected chi connectivity index (χ2v) is 6.86. The molecule has 0 saturated carbocycles. The van der Waals surface area contributed by atoms with Crippen molar-refractivity contribution in [2.24, 2.45) is 5.92 Å². The van der Waals surface area contributed by atoms with Gasteiger partial charge in [0.2, 0.25) is 0 Å². The molecule has 5 heteroatoms. The van der Waals surface area contributed by atoms with Gasteiger partial charge < -0.3 is 19.0 Å². The highest BCUT2D eigenvalue weighted by Gasteiger charge is 2.25. The summed E-state index contributed by atoms with van der Waals surface area (Å²) >= 11 is 0. The summed E-state index contributed by atoms with van der Waals surface area (Å²) < 4.78 is 11.1. The third-order valence-corrected chi connectivity index (χ3v) is 4.92. The van der Waals surface area contributed by atoms with Crippen LogP contribution in [0, 0.1) is 19.8 Å². The van der Waals surface area contributed by atoms with Crippen molar-refractivity contribution < 1.29 is 13.9 Å². The fraction of sp³-hybridized carbons (Fsp3) is 0.722. The molecule has 0 bridgehead atoms. The number of carbonyl (C=O) groups excluding carboxylic acids is 1. The number of amides is 1. The summed E-state index contributed by atoms with van der Waals surface area (Å²) in [6.45, 7) is 10.3. The monoisotopic (exact) mass is 320 g/mol. The number of nitrogens with zero attached hydrogens (tertiary/aromatic N) is 2. The van der Waals surface area contributed by atoms with Crippen molar-refractivity contribution in [2.45, 2.75) is 33.1 Å². The molecule has 3 rings (SSSR count). The van der Waals surface area contributed by atoms with E-state index in [4.69, 9.17) is 9.15 Å². The third-order valence-electron chi connectivity index (χ3n) is 4.92. The molecule has 0 radical (unpaired) electrons. The summed E-state index contributed by atoms with van der Waals surface area (Å²) in [5, 5.41) is 0. The van der Waals surface area contributed by atoms with Crippen LogP contribution in [0.4, 0.5) is 0 Å². The Morgan fingerprint density at radius 3 is 2.78 bits per heavy atom. The summed E-state index contributed by atoms with van der Waals surface area (Å²) in [6, 6.07) is 1.86. The largest absolute Gasteiger partial charge is 0.466 e. The Bertz CT molecular complexity index is 534. The van der Waals surface area contributed by atoms with Crippen LogP contribution in [0.1, 0.15) is 41.1 Å². The summed E-state index contributed by atoms with van der Waals surface area (Å²) in [5.74, 6) is 2.31. The molecule has 1 aromatic heterocycles. The van der Waals surface area contributed by atoms with Crippen LogP contribution in [-0.4, -0.2) is 61.6 Å². The first kappa shape index (κ1) is 16.5. The molecule has 128 valence electrons. The van der Waals surface area contributed by atoms with Gasteiger partial charge in [-0.1, -0.05) is 0 Å². The lowest BCUT2D eigenvalue weighted by molar-refractivity contribution is 0.0389. The highest BCUT2D eigenvalue weighted by Crippen LogP contribution is 2.19. The Morgan fingerprint density at radius 2 is 2.09 bits per heavy atom. The van der Waals surface area contributed by atoms with Gasteiger partial charge in [-0.2, -0.15) is 0 Å². The average Bonchev–Trinajstić information content (AvgIpc) is 2.74. The minimum Gasteiger partial charge on any atom is -0.466 e. The molecule has 23 heavy (non-hydrogen) atoms. The van der Waals surface area contributed by atoms with Crippen molar-refractivity contribution >= 4 is 5.91 Å². The summed E-state index contributed by atoms with van der Waals surface area (Å²) in [4.78, 5) is 17.2. The van der Waals surface area contributed by atoms with E-state index in [0.717, 1.165) is 69.4 Å². The molecule has 2 aliphatic heterocycles. The quantitative estimate of drug-likeness (QED) is 0.858. The van der Waals surface area contributed by atoms with Gasteiger partial charge in [0.15, 0.2) is 0 Å². The highest BCUT2D eigenvalue weighted by molar-refractivity contribution is 5.95. The number of hydrogen-bond donors (Lipinski definition) is 0. The van der Waals surface area contributed by atoms with E-state index in [1.165, 1.54) is 12.8 Å². The Balaban J connectivity index is 1.55. The average molecular weight is 320 g/mol. The van der Waals surface area contributed by atoms with E-state index in [1.54, 1.807) is 0 Å². The van der Waals surface area contributed by atoms with E-state index in [9.17, 15) is 4.79 Å². The van der Waals surface area contributed by atoms with Crippen LogP contribution in [-0.2, 0) is 4.74 Å². The molecule has 2 fully saturated rings. The second kappa shape index (κ2) is 7.49. The standard InChI is InChI=1S/C18H28N2O3/c1-14-11-17(15(2)23-14)18(21)20-7-4-6-19(8-9-20)12-16-5-3-10-22-13-16/h11,16H,3-10,12-13H2,1-2H3. The topological polar surface area (TPSA) is 45.9 Å². The van der Waals surface area contributed by atoms with Crippen LogP contribution >= 0.6 is 0 Å². The molecular formula is C18H28N2O3. The first-order chi connectivity index (χ1) is 11.1. The molecule has 0 N–H and O–H groups in total. The van der Waals surface area contributed by atoms with Gasteiger partial charge in [0, 0.05) is 32.8 Å². The zero-order chi connectivity index (χ0) is 16.2. The maximum absolute atomic E-state index is 12.7. The lowest BCUT2D eigenvalue weighted by atomic mass is 10.0. The van der Waals surface area contributed by atoms with Gasteiger partial charge in [-0.15, -0.1) is 0 Å². The molecular weight excluding hydrogens is 292 g/mol. The van der Waals surface area contributed by atoms with Crippen LogP contribution in [0.3, 0.4) is 0 Å². The number of furan rings is 1. The van der Waals surface area contributed by atoms with Crippen molar-refractivity contribution in [1.29, 1.82) is 0 Å². The summed E-state index contributed by atoms with van der Waals surface area (Å²) in [6.07, 6.45) is 3.49. The number of aryl methyl sites for hydroxylation is 2. The predicted octanol–water partition coefficient (Wildman–Crippen LogP) is 2.47. The third kappa shape index (κ3) is 4.15. The fourth-order valence-corrected chi connectivity index (χ4v) is 3.69. The van der Waals surface area contributed by atoms with E-state index in [1.807, 2.05) is 24.8 Å². The molecule has 0 aromatic carbocycles. The number of ether oxygens (including phenoxy) is 1. The van der Waals surface area contributed by atoms with E-state index >= 15 is 0 Å². The molecule has 0 aliphatic carbocycles. The van der Waals surface area contributed by atoms with Crippen LogP contribution < -0.4 is 0 Å². The number of rotatable bonds is 3. The summed E-state index contributed by atoms with van der Waals surface area (Å²) in [7, 11) is 0. The lowest BCUT2D eigenvalue weighted by Gasteiger charge is -2.28. The molecule has 0 spiro atoms. The smallest absolute Gasteiger partial charge is 0.257 e. The zero-order valence-electron chi connectivity index (χ0n) is 14.3. The van der Waals surface area contributed by atoms with Crippen LogP contribution in [0.25, 0.3) is 0 Å². The first-order valence-corrected chi connectivity index (χ1v) is 8.80. The maximum atomic E-state index is 12.7. The van der Waals surface area contributed by atoms with Crippen molar-refractivity contribution in [3.63, 3.8) is 0 Å². The van der Waals surface area contributed by atoms with E-state index < -0.39 is 0 Å². The van der Waals surface area contributed by atoms with Gasteiger partial charge in [-0.3, -0.25) is 4.79 Å². The van der Waals surface area contributed by atoms with E-state index in [2.05, 4.69) is 4.90 Å². The van der Waals surface area contributed by atoms with Gasteiger partial charge >= 0.3 is 0 Å². The van der Waals surface area contributed by atoms with Crippen molar-refractivity contribution in [3.8, 4) is 0 Å². The zero-order valence-corrected chi connectivity index (χ0v) is 14.3. The molecule has 1 atom stereocenters. The molecule has 1 unspecified atom stereocenters. The first-order valence-electron chi connectivity index (χ1n) is 8.80. The minimum atomic E-state index is 0.113. The Morgan fingerprint density at radius 1 is 1.22 bits per heavy atom. The number of hydrogen-bond acceptors (Lipinski definition) is 4.